The minimum Gasteiger partial charge on any atom is -0.334 e. The molecule has 23 heavy (non-hydrogen) atoms. The fourth-order valence-corrected chi connectivity index (χ4v) is 2.17. The minimum atomic E-state index is -0.250. The Bertz CT molecular complexity index is 880. The average Bonchev–Trinajstić information content (AvgIpc) is 3.05. The van der Waals surface area contributed by atoms with E-state index >= 15 is 0 Å². The molecule has 0 unspecified atom stereocenters. The number of amides is 2. The third kappa shape index (κ3) is 3.34. The Hall–Kier alpha value is -3.23. The predicted octanol–water partition coefficient (Wildman–Crippen LogP) is 0.762. The molecule has 2 heterocycles. The van der Waals surface area contributed by atoms with Crippen LogP contribution in [0.5, 0.6) is 0 Å². The Morgan fingerprint density at radius 3 is 2.87 bits per heavy atom. The lowest BCUT2D eigenvalue weighted by Gasteiger charge is -2.05. The number of fused-ring (bicyclic) bond motifs is 1. The Morgan fingerprint density at radius 2 is 2.09 bits per heavy atom. The zero-order chi connectivity index (χ0) is 16.4. The van der Waals surface area contributed by atoms with Crippen LogP contribution in [0.15, 0.2) is 30.7 Å². The van der Waals surface area contributed by atoms with Crippen LogP contribution in [0.4, 0.5) is 11.5 Å². The lowest BCUT2D eigenvalue weighted by Crippen LogP contribution is -2.19. The average molecular weight is 313 g/mol. The van der Waals surface area contributed by atoms with Crippen LogP contribution in [-0.2, 0) is 23.2 Å². The summed E-state index contributed by atoms with van der Waals surface area (Å²) in [6, 6.07) is 5.51. The minimum absolute atomic E-state index is 0.00710. The van der Waals surface area contributed by atoms with E-state index in [4.69, 9.17) is 0 Å². The van der Waals surface area contributed by atoms with Gasteiger partial charge in [0.15, 0.2) is 5.82 Å². The highest BCUT2D eigenvalue weighted by atomic mass is 16.2. The molecule has 0 bridgehead atoms. The van der Waals surface area contributed by atoms with Crippen molar-refractivity contribution in [1.82, 2.24) is 24.5 Å². The van der Waals surface area contributed by atoms with Crippen molar-refractivity contribution in [3.8, 4) is 0 Å². The van der Waals surface area contributed by atoms with Gasteiger partial charge in [0.25, 0.3) is 0 Å². The molecule has 118 valence electrons. The summed E-state index contributed by atoms with van der Waals surface area (Å²) in [4.78, 5) is 27.2. The van der Waals surface area contributed by atoms with Gasteiger partial charge < -0.3 is 15.2 Å². The van der Waals surface area contributed by atoms with Gasteiger partial charge in [0.05, 0.1) is 23.6 Å². The topological polar surface area (TPSA) is 107 Å². The second-order valence-corrected chi connectivity index (χ2v) is 5.09. The van der Waals surface area contributed by atoms with Gasteiger partial charge in [0.2, 0.25) is 11.8 Å². The molecule has 0 aliphatic carbocycles. The van der Waals surface area contributed by atoms with E-state index in [0.29, 0.717) is 11.5 Å². The van der Waals surface area contributed by atoms with Crippen LogP contribution in [0.2, 0.25) is 0 Å². The zero-order valence-corrected chi connectivity index (χ0v) is 12.6. The monoisotopic (exact) mass is 313 g/mol. The summed E-state index contributed by atoms with van der Waals surface area (Å²) in [7, 11) is 1.91. The molecule has 0 saturated heterocycles. The van der Waals surface area contributed by atoms with E-state index in [-0.39, 0.29) is 18.4 Å². The molecule has 0 aliphatic heterocycles. The van der Waals surface area contributed by atoms with Crippen molar-refractivity contribution in [1.29, 1.82) is 0 Å². The van der Waals surface area contributed by atoms with Crippen molar-refractivity contribution in [2.24, 2.45) is 7.05 Å². The number of nitrogens with one attached hydrogen (secondary N) is 2. The van der Waals surface area contributed by atoms with Crippen LogP contribution in [0.3, 0.4) is 0 Å². The Balaban J connectivity index is 1.66. The largest absolute Gasteiger partial charge is 0.334 e. The van der Waals surface area contributed by atoms with Crippen molar-refractivity contribution in [3.05, 3.63) is 30.7 Å². The summed E-state index contributed by atoms with van der Waals surface area (Å²) < 4.78 is 3.25. The number of anilines is 2. The molecule has 9 nitrogen and oxygen atoms in total. The van der Waals surface area contributed by atoms with E-state index in [1.54, 1.807) is 12.4 Å². The number of nitrogens with zero attached hydrogens (tertiary/aromatic N) is 5. The smallest absolute Gasteiger partial charge is 0.246 e. The van der Waals surface area contributed by atoms with E-state index in [0.717, 1.165) is 11.0 Å². The van der Waals surface area contributed by atoms with E-state index in [1.165, 1.54) is 17.8 Å². The summed E-state index contributed by atoms with van der Waals surface area (Å²) in [6.07, 6.45) is 3.21. The first kappa shape index (κ1) is 14.7. The molecule has 2 aromatic heterocycles. The standard InChI is InChI=1S/C14H15N7O2/c1-9(22)16-13-6-21(19-18-13)7-14(23)17-10-3-4-12-11(5-10)15-8-20(12)2/h3-6,8H,7H2,1-2H3,(H,16,22)(H,17,23). The molecule has 0 aliphatic rings. The molecule has 1 aromatic carbocycles. The van der Waals surface area contributed by atoms with Gasteiger partial charge in [-0.1, -0.05) is 5.21 Å². The van der Waals surface area contributed by atoms with Crippen LogP contribution >= 0.6 is 0 Å². The highest BCUT2D eigenvalue weighted by Crippen LogP contribution is 2.17. The van der Waals surface area contributed by atoms with Crippen molar-refractivity contribution in [3.63, 3.8) is 0 Å². The maximum Gasteiger partial charge on any atom is 0.246 e. The summed E-state index contributed by atoms with van der Waals surface area (Å²) in [5.41, 5.74) is 2.45. The molecule has 0 fully saturated rings. The molecule has 0 saturated carbocycles. The number of imidazole rings is 1. The first-order valence-electron chi connectivity index (χ1n) is 6.90. The van der Waals surface area contributed by atoms with Crippen LogP contribution in [0, 0.1) is 0 Å². The van der Waals surface area contributed by atoms with Gasteiger partial charge in [-0.3, -0.25) is 9.59 Å². The van der Waals surface area contributed by atoms with Gasteiger partial charge in [0.1, 0.15) is 6.54 Å². The number of carbonyl (C=O) groups excluding carboxylic acids is 2. The number of aromatic nitrogens is 5. The fraction of sp³-hybridized carbons (Fsp3) is 0.214. The van der Waals surface area contributed by atoms with Crippen LogP contribution < -0.4 is 10.6 Å². The third-order valence-electron chi connectivity index (χ3n) is 3.16. The number of hydrogen-bond acceptors (Lipinski definition) is 5. The number of carbonyl (C=O) groups is 2. The van der Waals surface area contributed by atoms with Gasteiger partial charge in [-0.25, -0.2) is 9.67 Å². The van der Waals surface area contributed by atoms with Gasteiger partial charge >= 0.3 is 0 Å². The van der Waals surface area contributed by atoms with Crippen LogP contribution in [-0.4, -0.2) is 36.4 Å². The van der Waals surface area contributed by atoms with Crippen LogP contribution in [0.1, 0.15) is 6.92 Å². The first-order chi connectivity index (χ1) is 11.0. The fourth-order valence-electron chi connectivity index (χ4n) is 2.17. The van der Waals surface area contributed by atoms with Crippen molar-refractivity contribution >= 4 is 34.4 Å². The second kappa shape index (κ2) is 5.87. The molecule has 0 atom stereocenters. The van der Waals surface area contributed by atoms with Gasteiger partial charge in [-0.05, 0) is 18.2 Å². The summed E-state index contributed by atoms with van der Waals surface area (Å²) in [5.74, 6) is -0.190. The Kier molecular flexibility index (Phi) is 3.75. The SMILES string of the molecule is CC(=O)Nc1cn(CC(=O)Nc2ccc3c(c2)ncn3C)nn1. The highest BCUT2D eigenvalue weighted by Gasteiger charge is 2.08. The third-order valence-corrected chi connectivity index (χ3v) is 3.16. The van der Waals surface area contributed by atoms with Gasteiger partial charge in [-0.2, -0.15) is 0 Å². The molecule has 9 heteroatoms. The van der Waals surface area contributed by atoms with Crippen molar-refractivity contribution in [2.45, 2.75) is 13.5 Å². The maximum absolute atomic E-state index is 12.0. The highest BCUT2D eigenvalue weighted by molar-refractivity contribution is 5.93. The normalized spacial score (nSPS) is 10.7. The lowest BCUT2D eigenvalue weighted by atomic mass is 10.2. The van der Waals surface area contributed by atoms with E-state index in [1.807, 2.05) is 23.7 Å². The van der Waals surface area contributed by atoms with Crippen molar-refractivity contribution in [2.75, 3.05) is 10.6 Å². The Morgan fingerprint density at radius 1 is 1.26 bits per heavy atom. The molecular weight excluding hydrogens is 298 g/mol. The summed E-state index contributed by atoms with van der Waals surface area (Å²) >= 11 is 0. The zero-order valence-electron chi connectivity index (χ0n) is 12.6. The number of aryl methyl sites for hydroxylation is 1. The molecule has 2 N–H and O–H groups in total. The van der Waals surface area contributed by atoms with Crippen LogP contribution in [0.25, 0.3) is 11.0 Å². The number of hydrogen-bond donors (Lipinski definition) is 2. The summed E-state index contributed by atoms with van der Waals surface area (Å²) in [5, 5.41) is 12.8. The number of benzene rings is 1. The Labute approximate surface area is 131 Å². The second-order valence-electron chi connectivity index (χ2n) is 5.09. The molecule has 0 radical (unpaired) electrons. The van der Waals surface area contributed by atoms with E-state index in [9.17, 15) is 9.59 Å². The van der Waals surface area contributed by atoms with Gasteiger partial charge in [-0.15, -0.1) is 5.10 Å². The van der Waals surface area contributed by atoms with E-state index < -0.39 is 0 Å². The molecule has 3 rings (SSSR count). The number of rotatable bonds is 4. The molecule has 2 amide bonds. The van der Waals surface area contributed by atoms with Crippen molar-refractivity contribution < 1.29 is 9.59 Å². The lowest BCUT2D eigenvalue weighted by molar-refractivity contribution is -0.117. The molecule has 0 spiro atoms. The van der Waals surface area contributed by atoms with Gasteiger partial charge in [0, 0.05) is 19.7 Å². The molecule has 3 aromatic rings. The summed E-state index contributed by atoms with van der Waals surface area (Å²) in [6.45, 7) is 1.37. The first-order valence-corrected chi connectivity index (χ1v) is 6.90. The quantitative estimate of drug-likeness (QED) is 0.739. The maximum atomic E-state index is 12.0. The predicted molar refractivity (Wildman–Crippen MR) is 83.7 cm³/mol. The molecular formula is C14H15N7O2. The van der Waals surface area contributed by atoms with E-state index in [2.05, 4.69) is 25.9 Å².